The van der Waals surface area contributed by atoms with Crippen molar-refractivity contribution in [3.05, 3.63) is 10.0 Å². The Bertz CT molecular complexity index is 391. The summed E-state index contributed by atoms with van der Waals surface area (Å²) in [6.07, 6.45) is 0.742. The predicted octanol–water partition coefficient (Wildman–Crippen LogP) is 0.723. The molecule has 0 unspecified atom stereocenters. The molecule has 1 aliphatic heterocycles. The smallest absolute Gasteiger partial charge is 0.187 e. The lowest BCUT2D eigenvalue weighted by atomic mass is 10.3. The number of thiazole rings is 1. The second-order valence-corrected chi connectivity index (χ2v) is 5.19. The fourth-order valence-corrected chi connectivity index (χ4v) is 2.93. The normalized spacial score (nSPS) is 17.4. The number of aromatic nitrogens is 1. The molecule has 0 radical (unpaired) electrons. The minimum atomic E-state index is 0.193. The maximum absolute atomic E-state index is 10.7. The van der Waals surface area contributed by atoms with Crippen LogP contribution >= 0.6 is 22.9 Å². The van der Waals surface area contributed by atoms with E-state index in [9.17, 15) is 4.79 Å². The van der Waals surface area contributed by atoms with Crippen molar-refractivity contribution in [2.45, 2.75) is 0 Å². The molecule has 94 valence electrons. The van der Waals surface area contributed by atoms with Gasteiger partial charge in [0.1, 0.15) is 4.88 Å². The number of aliphatic hydroxyl groups excluding tert-OH is 1. The number of aldehydes is 1. The number of aliphatic hydroxyl groups is 1. The Labute approximate surface area is 109 Å². The molecule has 0 bridgehead atoms. The SMILES string of the molecule is O=Cc1sc(N2CCN(CCO)CC2)nc1Cl. The van der Waals surface area contributed by atoms with Crippen LogP contribution in [-0.4, -0.2) is 60.6 Å². The third-order valence-corrected chi connectivity index (χ3v) is 4.21. The Morgan fingerprint density at radius 3 is 2.65 bits per heavy atom. The van der Waals surface area contributed by atoms with E-state index in [1.165, 1.54) is 11.3 Å². The van der Waals surface area contributed by atoms with Gasteiger partial charge in [0.15, 0.2) is 16.6 Å². The number of hydrogen-bond acceptors (Lipinski definition) is 6. The highest BCUT2D eigenvalue weighted by molar-refractivity contribution is 7.17. The zero-order chi connectivity index (χ0) is 12.3. The van der Waals surface area contributed by atoms with E-state index < -0.39 is 0 Å². The lowest BCUT2D eigenvalue weighted by Gasteiger charge is -2.34. The second kappa shape index (κ2) is 5.77. The van der Waals surface area contributed by atoms with Gasteiger partial charge in [0.25, 0.3) is 0 Å². The first-order chi connectivity index (χ1) is 8.24. The molecule has 5 nitrogen and oxygen atoms in total. The van der Waals surface area contributed by atoms with Crippen molar-refractivity contribution in [1.29, 1.82) is 0 Å². The van der Waals surface area contributed by atoms with Crippen molar-refractivity contribution in [3.63, 3.8) is 0 Å². The summed E-state index contributed by atoms with van der Waals surface area (Å²) in [5.74, 6) is 0. The van der Waals surface area contributed by atoms with Crippen LogP contribution < -0.4 is 4.90 Å². The summed E-state index contributed by atoms with van der Waals surface area (Å²) in [5, 5.41) is 9.95. The summed E-state index contributed by atoms with van der Waals surface area (Å²) in [4.78, 5) is 19.7. The van der Waals surface area contributed by atoms with Gasteiger partial charge in [0, 0.05) is 32.7 Å². The highest BCUT2D eigenvalue weighted by atomic mass is 35.5. The Morgan fingerprint density at radius 1 is 1.41 bits per heavy atom. The topological polar surface area (TPSA) is 56.7 Å². The van der Waals surface area contributed by atoms with Crippen molar-refractivity contribution in [1.82, 2.24) is 9.88 Å². The van der Waals surface area contributed by atoms with E-state index in [1.54, 1.807) is 0 Å². The molecule has 2 rings (SSSR count). The number of carbonyl (C=O) groups is 1. The molecule has 0 aromatic carbocycles. The van der Waals surface area contributed by atoms with Crippen LogP contribution in [0.3, 0.4) is 0 Å². The fraction of sp³-hybridized carbons (Fsp3) is 0.600. The average molecular weight is 276 g/mol. The molecule has 1 N–H and O–H groups in total. The molecular weight excluding hydrogens is 262 g/mol. The van der Waals surface area contributed by atoms with E-state index in [1.807, 2.05) is 0 Å². The van der Waals surface area contributed by atoms with E-state index in [4.69, 9.17) is 16.7 Å². The first-order valence-corrected chi connectivity index (χ1v) is 6.63. The highest BCUT2D eigenvalue weighted by Crippen LogP contribution is 2.28. The number of halogens is 1. The number of piperazine rings is 1. The van der Waals surface area contributed by atoms with Crippen LogP contribution in [0.25, 0.3) is 0 Å². The van der Waals surface area contributed by atoms with Gasteiger partial charge in [-0.05, 0) is 0 Å². The Kier molecular flexibility index (Phi) is 4.33. The van der Waals surface area contributed by atoms with E-state index in [-0.39, 0.29) is 11.8 Å². The van der Waals surface area contributed by atoms with Gasteiger partial charge in [-0.25, -0.2) is 4.98 Å². The summed E-state index contributed by atoms with van der Waals surface area (Å²) < 4.78 is 0. The highest BCUT2D eigenvalue weighted by Gasteiger charge is 2.20. The van der Waals surface area contributed by atoms with Crippen molar-refractivity contribution in [2.75, 3.05) is 44.2 Å². The van der Waals surface area contributed by atoms with Gasteiger partial charge in [0.2, 0.25) is 0 Å². The van der Waals surface area contributed by atoms with Crippen LogP contribution in [0.1, 0.15) is 9.67 Å². The van der Waals surface area contributed by atoms with Gasteiger partial charge in [-0.1, -0.05) is 22.9 Å². The molecule has 1 fully saturated rings. The zero-order valence-corrected chi connectivity index (χ0v) is 10.9. The van der Waals surface area contributed by atoms with Crippen LogP contribution in [0, 0.1) is 0 Å². The fourth-order valence-electron chi connectivity index (χ4n) is 1.81. The van der Waals surface area contributed by atoms with Crippen LogP contribution in [0.2, 0.25) is 5.15 Å². The monoisotopic (exact) mass is 275 g/mol. The maximum atomic E-state index is 10.7. The summed E-state index contributed by atoms with van der Waals surface area (Å²) in [5.41, 5.74) is 0. The molecule has 0 spiro atoms. The molecular formula is C10H14ClN3O2S. The van der Waals surface area contributed by atoms with Crippen molar-refractivity contribution in [2.24, 2.45) is 0 Å². The van der Waals surface area contributed by atoms with Gasteiger partial charge < -0.3 is 10.0 Å². The maximum Gasteiger partial charge on any atom is 0.187 e. The largest absolute Gasteiger partial charge is 0.395 e. The third-order valence-electron chi connectivity index (χ3n) is 2.76. The zero-order valence-electron chi connectivity index (χ0n) is 9.30. The van der Waals surface area contributed by atoms with Crippen LogP contribution in [0.15, 0.2) is 0 Å². The van der Waals surface area contributed by atoms with Crippen LogP contribution in [0.4, 0.5) is 5.13 Å². The quantitative estimate of drug-likeness (QED) is 0.821. The van der Waals surface area contributed by atoms with Crippen molar-refractivity contribution in [3.8, 4) is 0 Å². The lowest BCUT2D eigenvalue weighted by molar-refractivity contribution is 0.112. The summed E-state index contributed by atoms with van der Waals surface area (Å²) in [6, 6.07) is 0. The average Bonchev–Trinajstić information content (AvgIpc) is 2.72. The Balaban J connectivity index is 1.97. The molecule has 17 heavy (non-hydrogen) atoms. The molecule has 0 saturated carbocycles. The van der Waals surface area contributed by atoms with Gasteiger partial charge in [-0.2, -0.15) is 0 Å². The molecule has 7 heteroatoms. The molecule has 2 heterocycles. The molecule has 1 aromatic rings. The minimum Gasteiger partial charge on any atom is -0.395 e. The molecule has 0 aliphatic carbocycles. The number of β-amino-alcohol motifs (C(OH)–C–C–N with tert-alkyl or cyclic N) is 1. The molecule has 1 saturated heterocycles. The Morgan fingerprint density at radius 2 is 2.12 bits per heavy atom. The first kappa shape index (κ1) is 12.8. The van der Waals surface area contributed by atoms with Gasteiger partial charge in [0.05, 0.1) is 6.61 Å². The number of rotatable bonds is 4. The Hall–Kier alpha value is -0.690. The van der Waals surface area contributed by atoms with Crippen molar-refractivity contribution >= 4 is 34.4 Å². The summed E-state index contributed by atoms with van der Waals surface area (Å²) in [6.45, 7) is 4.40. The van der Waals surface area contributed by atoms with E-state index in [0.29, 0.717) is 11.4 Å². The molecule has 1 aliphatic rings. The number of hydrogen-bond donors (Lipinski definition) is 1. The minimum absolute atomic E-state index is 0.193. The van der Waals surface area contributed by atoms with Crippen LogP contribution in [0.5, 0.6) is 0 Å². The van der Waals surface area contributed by atoms with E-state index >= 15 is 0 Å². The van der Waals surface area contributed by atoms with Gasteiger partial charge in [-0.15, -0.1) is 0 Å². The summed E-state index contributed by atoms with van der Waals surface area (Å²) >= 11 is 7.17. The standard InChI is InChI=1S/C10H14ClN3O2S/c11-9-8(7-16)17-10(12-9)14-3-1-13(2-4-14)5-6-15/h7,15H,1-6H2. The number of anilines is 1. The van der Waals surface area contributed by atoms with E-state index in [0.717, 1.165) is 37.6 Å². The van der Waals surface area contributed by atoms with E-state index in [2.05, 4.69) is 14.8 Å². The van der Waals surface area contributed by atoms with Gasteiger partial charge >= 0.3 is 0 Å². The number of carbonyl (C=O) groups excluding carboxylic acids is 1. The summed E-state index contributed by atoms with van der Waals surface area (Å²) in [7, 11) is 0. The molecule has 1 aromatic heterocycles. The third kappa shape index (κ3) is 2.95. The predicted molar refractivity (Wildman–Crippen MR) is 68.3 cm³/mol. The first-order valence-electron chi connectivity index (χ1n) is 5.44. The second-order valence-electron chi connectivity index (χ2n) is 3.82. The van der Waals surface area contributed by atoms with Crippen LogP contribution in [-0.2, 0) is 0 Å². The van der Waals surface area contributed by atoms with Crippen molar-refractivity contribution < 1.29 is 9.90 Å². The van der Waals surface area contributed by atoms with Gasteiger partial charge in [-0.3, -0.25) is 9.69 Å². The molecule has 0 atom stereocenters. The molecule has 0 amide bonds. The lowest BCUT2D eigenvalue weighted by Crippen LogP contribution is -2.47. The number of nitrogens with zero attached hydrogens (tertiary/aromatic N) is 3.